The number of rotatable bonds is 6. The Balaban J connectivity index is 2.04. The van der Waals surface area contributed by atoms with Gasteiger partial charge in [0.2, 0.25) is 0 Å². The van der Waals surface area contributed by atoms with Crippen molar-refractivity contribution in [1.29, 1.82) is 0 Å². The van der Waals surface area contributed by atoms with Gasteiger partial charge < -0.3 is 10.2 Å². The van der Waals surface area contributed by atoms with Crippen LogP contribution in [0.15, 0.2) is 39.5 Å². The van der Waals surface area contributed by atoms with E-state index in [1.807, 2.05) is 30.3 Å². The number of fused-ring (bicyclic) bond motifs is 1. The van der Waals surface area contributed by atoms with E-state index in [-0.39, 0.29) is 5.63 Å². The molecule has 1 aromatic heterocycles. The zero-order valence-corrected chi connectivity index (χ0v) is 10.5. The molecule has 2 aromatic rings. The van der Waals surface area contributed by atoms with Gasteiger partial charge in [0.1, 0.15) is 5.58 Å². The Kier molecular flexibility index (Phi) is 4.53. The summed E-state index contributed by atoms with van der Waals surface area (Å²) in [4.78, 5) is 11.8. The second-order valence-corrected chi connectivity index (χ2v) is 4.55. The molecule has 0 aliphatic heterocycles. The normalized spacial score (nSPS) is 10.9. The van der Waals surface area contributed by atoms with Gasteiger partial charge in [-0.1, -0.05) is 31.0 Å². The molecule has 3 heteroatoms. The second kappa shape index (κ2) is 6.36. The van der Waals surface area contributed by atoms with Crippen LogP contribution in [0.1, 0.15) is 31.2 Å². The molecule has 3 nitrogen and oxygen atoms in total. The van der Waals surface area contributed by atoms with Gasteiger partial charge in [0, 0.05) is 10.9 Å². The lowest BCUT2D eigenvalue weighted by Crippen LogP contribution is -2.07. The van der Waals surface area contributed by atoms with Crippen LogP contribution in [0.5, 0.6) is 0 Å². The number of unbranched alkanes of at least 4 members (excludes halogenated alkanes) is 3. The van der Waals surface area contributed by atoms with Crippen molar-refractivity contribution in [2.45, 2.75) is 32.1 Å². The van der Waals surface area contributed by atoms with Crippen LogP contribution in [0.2, 0.25) is 0 Å². The molecule has 0 fully saturated rings. The van der Waals surface area contributed by atoms with E-state index in [0.717, 1.165) is 49.6 Å². The maximum absolute atomic E-state index is 11.8. The average molecular weight is 245 g/mol. The molecule has 2 N–H and O–H groups in total. The van der Waals surface area contributed by atoms with E-state index in [9.17, 15) is 4.79 Å². The molecule has 0 aliphatic rings. The summed E-state index contributed by atoms with van der Waals surface area (Å²) in [5, 5.41) is 0.994. The third kappa shape index (κ3) is 3.20. The van der Waals surface area contributed by atoms with Crippen molar-refractivity contribution in [3.05, 3.63) is 46.3 Å². The van der Waals surface area contributed by atoms with E-state index in [0.29, 0.717) is 5.58 Å². The summed E-state index contributed by atoms with van der Waals surface area (Å²) in [6, 6.07) is 9.56. The summed E-state index contributed by atoms with van der Waals surface area (Å²) >= 11 is 0. The first-order valence-corrected chi connectivity index (χ1v) is 6.53. The molecule has 0 amide bonds. The van der Waals surface area contributed by atoms with Gasteiger partial charge in [-0.2, -0.15) is 0 Å². The van der Waals surface area contributed by atoms with E-state index in [1.165, 1.54) is 0 Å². The van der Waals surface area contributed by atoms with Crippen LogP contribution in [0, 0.1) is 0 Å². The van der Waals surface area contributed by atoms with Crippen molar-refractivity contribution >= 4 is 11.0 Å². The van der Waals surface area contributed by atoms with Gasteiger partial charge in [-0.25, -0.2) is 4.79 Å². The zero-order chi connectivity index (χ0) is 12.8. The van der Waals surface area contributed by atoms with E-state index in [4.69, 9.17) is 10.2 Å². The Hall–Kier alpha value is -1.61. The minimum atomic E-state index is -0.201. The zero-order valence-electron chi connectivity index (χ0n) is 10.5. The highest BCUT2D eigenvalue weighted by molar-refractivity contribution is 5.76. The first kappa shape index (κ1) is 12.8. The van der Waals surface area contributed by atoms with Crippen LogP contribution in [-0.4, -0.2) is 6.54 Å². The topological polar surface area (TPSA) is 56.2 Å². The predicted octanol–water partition coefficient (Wildman–Crippen LogP) is 2.85. The van der Waals surface area contributed by atoms with Gasteiger partial charge in [-0.15, -0.1) is 0 Å². The molecule has 2 rings (SSSR count). The number of para-hydroxylation sites is 1. The van der Waals surface area contributed by atoms with Gasteiger partial charge in [0.15, 0.2) is 0 Å². The van der Waals surface area contributed by atoms with Crippen LogP contribution in [0.4, 0.5) is 0 Å². The SMILES string of the molecule is NCCCCCCc1cc2ccccc2oc1=O. The lowest BCUT2D eigenvalue weighted by atomic mass is 10.1. The summed E-state index contributed by atoms with van der Waals surface area (Å²) in [5.74, 6) is 0. The van der Waals surface area contributed by atoms with Gasteiger partial charge in [-0.05, 0) is 37.9 Å². The van der Waals surface area contributed by atoms with E-state index >= 15 is 0 Å². The molecule has 1 aromatic carbocycles. The lowest BCUT2D eigenvalue weighted by Gasteiger charge is -2.02. The van der Waals surface area contributed by atoms with E-state index in [2.05, 4.69) is 0 Å². The molecule has 0 radical (unpaired) electrons. The lowest BCUT2D eigenvalue weighted by molar-refractivity contribution is 0.544. The van der Waals surface area contributed by atoms with Crippen LogP contribution >= 0.6 is 0 Å². The van der Waals surface area contributed by atoms with Crippen molar-refractivity contribution in [3.63, 3.8) is 0 Å². The highest BCUT2D eigenvalue weighted by Crippen LogP contribution is 2.14. The number of aryl methyl sites for hydroxylation is 1. The first-order chi connectivity index (χ1) is 8.81. The maximum Gasteiger partial charge on any atom is 0.339 e. The summed E-state index contributed by atoms with van der Waals surface area (Å²) in [5.41, 5.74) is 6.68. The van der Waals surface area contributed by atoms with Crippen molar-refractivity contribution < 1.29 is 4.42 Å². The standard InChI is InChI=1S/C15H19NO2/c16-10-6-2-1-3-8-13-11-12-7-4-5-9-14(12)18-15(13)17/h4-5,7,9,11H,1-3,6,8,10,16H2. The number of benzene rings is 1. The molecule has 0 unspecified atom stereocenters. The monoisotopic (exact) mass is 245 g/mol. The number of nitrogens with two attached hydrogens (primary N) is 1. The van der Waals surface area contributed by atoms with Gasteiger partial charge >= 0.3 is 5.63 Å². The van der Waals surface area contributed by atoms with Crippen LogP contribution in [0.3, 0.4) is 0 Å². The highest BCUT2D eigenvalue weighted by Gasteiger charge is 2.04. The molecular formula is C15H19NO2. The third-order valence-electron chi connectivity index (χ3n) is 3.11. The molecule has 0 saturated carbocycles. The molecule has 0 saturated heterocycles. The Morgan fingerprint density at radius 2 is 1.83 bits per heavy atom. The van der Waals surface area contributed by atoms with Gasteiger partial charge in [-0.3, -0.25) is 0 Å². The molecule has 0 spiro atoms. The molecule has 96 valence electrons. The van der Waals surface area contributed by atoms with E-state index < -0.39 is 0 Å². The third-order valence-corrected chi connectivity index (χ3v) is 3.11. The van der Waals surface area contributed by atoms with Crippen LogP contribution in [0.25, 0.3) is 11.0 Å². The Bertz CT molecular complexity index is 560. The summed E-state index contributed by atoms with van der Waals surface area (Å²) in [7, 11) is 0. The van der Waals surface area contributed by atoms with Crippen LogP contribution < -0.4 is 11.4 Å². The van der Waals surface area contributed by atoms with Gasteiger partial charge in [0.05, 0.1) is 0 Å². The second-order valence-electron chi connectivity index (χ2n) is 4.55. The van der Waals surface area contributed by atoms with Crippen LogP contribution in [-0.2, 0) is 6.42 Å². The fourth-order valence-corrected chi connectivity index (χ4v) is 2.09. The molecular weight excluding hydrogens is 226 g/mol. The fourth-order valence-electron chi connectivity index (χ4n) is 2.09. The minimum Gasteiger partial charge on any atom is -0.423 e. The molecule has 1 heterocycles. The summed E-state index contributed by atoms with van der Waals surface area (Å²) in [6.07, 6.45) is 5.12. The largest absolute Gasteiger partial charge is 0.423 e. The van der Waals surface area contributed by atoms with E-state index in [1.54, 1.807) is 0 Å². The Morgan fingerprint density at radius 1 is 1.06 bits per heavy atom. The number of hydrogen-bond donors (Lipinski definition) is 1. The smallest absolute Gasteiger partial charge is 0.339 e. The summed E-state index contributed by atoms with van der Waals surface area (Å²) in [6.45, 7) is 0.748. The fraction of sp³-hybridized carbons (Fsp3) is 0.400. The molecule has 18 heavy (non-hydrogen) atoms. The molecule has 0 bridgehead atoms. The highest BCUT2D eigenvalue weighted by atomic mass is 16.4. The van der Waals surface area contributed by atoms with Crippen molar-refractivity contribution in [2.24, 2.45) is 5.73 Å². The van der Waals surface area contributed by atoms with Gasteiger partial charge in [0.25, 0.3) is 0 Å². The van der Waals surface area contributed by atoms with Crippen molar-refractivity contribution in [3.8, 4) is 0 Å². The summed E-state index contributed by atoms with van der Waals surface area (Å²) < 4.78 is 5.30. The molecule has 0 atom stereocenters. The number of hydrogen-bond acceptors (Lipinski definition) is 3. The maximum atomic E-state index is 11.8. The minimum absolute atomic E-state index is 0.201. The quantitative estimate of drug-likeness (QED) is 0.629. The first-order valence-electron chi connectivity index (χ1n) is 6.53. The predicted molar refractivity (Wildman–Crippen MR) is 73.7 cm³/mol. The van der Waals surface area contributed by atoms with Crippen molar-refractivity contribution in [2.75, 3.05) is 6.54 Å². The average Bonchev–Trinajstić information content (AvgIpc) is 2.39. The Morgan fingerprint density at radius 3 is 2.67 bits per heavy atom. The molecule has 0 aliphatic carbocycles. The Labute approximate surface area is 107 Å². The van der Waals surface area contributed by atoms with Crippen molar-refractivity contribution in [1.82, 2.24) is 0 Å².